The topological polar surface area (TPSA) is 67.9 Å². The van der Waals surface area contributed by atoms with Crippen molar-refractivity contribution in [3.63, 3.8) is 0 Å². The molecule has 0 aromatic heterocycles. The molecule has 166 valence electrons. The van der Waals surface area contributed by atoms with Crippen LogP contribution in [0.3, 0.4) is 0 Å². The van der Waals surface area contributed by atoms with Crippen LogP contribution in [0.1, 0.15) is 32.8 Å². The molecule has 31 heavy (non-hydrogen) atoms. The zero-order valence-electron chi connectivity index (χ0n) is 18.9. The highest BCUT2D eigenvalue weighted by molar-refractivity contribution is 6.74. The van der Waals surface area contributed by atoms with Gasteiger partial charge in [-0.1, -0.05) is 51.1 Å². The monoisotopic (exact) mass is 440 g/mol. The summed E-state index contributed by atoms with van der Waals surface area (Å²) in [4.78, 5) is 28.3. The highest BCUT2D eigenvalue weighted by atomic mass is 28.4. The maximum Gasteiger partial charge on any atom is 0.246 e. The Morgan fingerprint density at radius 3 is 2.58 bits per heavy atom. The molecule has 1 N–H and O–H groups in total. The van der Waals surface area contributed by atoms with E-state index in [1.54, 1.807) is 17.4 Å². The summed E-state index contributed by atoms with van der Waals surface area (Å²) in [6.07, 6.45) is 5.81. The maximum atomic E-state index is 13.6. The van der Waals surface area contributed by atoms with Crippen molar-refractivity contribution >= 4 is 20.1 Å². The molecule has 0 radical (unpaired) electrons. The van der Waals surface area contributed by atoms with Crippen LogP contribution in [0.25, 0.3) is 0 Å². The van der Waals surface area contributed by atoms with E-state index >= 15 is 0 Å². The van der Waals surface area contributed by atoms with Crippen LogP contribution >= 0.6 is 0 Å². The fourth-order valence-electron chi connectivity index (χ4n) is 4.28. The van der Waals surface area contributed by atoms with E-state index < -0.39 is 20.4 Å². The zero-order chi connectivity index (χ0) is 22.4. The fraction of sp³-hybridized carbons (Fsp3) is 0.500. The summed E-state index contributed by atoms with van der Waals surface area (Å²) >= 11 is 0. The quantitative estimate of drug-likeness (QED) is 0.728. The molecule has 6 nitrogen and oxygen atoms in total. The second kappa shape index (κ2) is 7.95. The van der Waals surface area contributed by atoms with Crippen molar-refractivity contribution < 1.29 is 18.8 Å². The Morgan fingerprint density at radius 1 is 1.19 bits per heavy atom. The largest absolute Gasteiger partial charge is 0.473 e. The van der Waals surface area contributed by atoms with Crippen LogP contribution in [0, 0.1) is 0 Å². The highest BCUT2D eigenvalue weighted by Gasteiger charge is 2.53. The standard InChI is InChI=1S/C24H32N2O4Si/c1-24(2,3)31(4,5)30-20-11-12-29-15-17-14-19-22(27)25-18(23(28)26(19)21(17)20)13-16-9-7-6-8-10-16/h6-12,15,18-21H,13-14H2,1-5H3,(H,25,27)/t18-,19-,20+,21-/m0/s1. The van der Waals surface area contributed by atoms with E-state index in [4.69, 9.17) is 9.16 Å². The predicted octanol–water partition coefficient (Wildman–Crippen LogP) is 3.52. The fourth-order valence-corrected chi connectivity index (χ4v) is 5.53. The van der Waals surface area contributed by atoms with Crippen molar-refractivity contribution in [3.05, 3.63) is 60.1 Å². The van der Waals surface area contributed by atoms with Crippen LogP contribution in [-0.2, 0) is 25.2 Å². The molecule has 0 spiro atoms. The number of hydrogen-bond acceptors (Lipinski definition) is 4. The lowest BCUT2D eigenvalue weighted by Crippen LogP contribution is -2.65. The van der Waals surface area contributed by atoms with Crippen LogP contribution in [0.5, 0.6) is 0 Å². The molecular formula is C24H32N2O4Si. The van der Waals surface area contributed by atoms with E-state index in [9.17, 15) is 9.59 Å². The van der Waals surface area contributed by atoms with Crippen molar-refractivity contribution in [2.75, 3.05) is 0 Å². The van der Waals surface area contributed by atoms with Gasteiger partial charge < -0.3 is 19.4 Å². The molecule has 2 fully saturated rings. The lowest BCUT2D eigenvalue weighted by molar-refractivity contribution is -0.150. The van der Waals surface area contributed by atoms with Gasteiger partial charge in [-0.3, -0.25) is 9.59 Å². The Morgan fingerprint density at radius 2 is 1.90 bits per heavy atom. The molecule has 7 heteroatoms. The lowest BCUT2D eigenvalue weighted by Gasteiger charge is -2.43. The first kappa shape index (κ1) is 21.8. The number of fused-ring (bicyclic) bond motifs is 3. The Bertz CT molecular complexity index is 919. The summed E-state index contributed by atoms with van der Waals surface area (Å²) in [5, 5.41) is 2.97. The number of rotatable bonds is 4. The average Bonchev–Trinajstić information content (AvgIpc) is 2.98. The number of ether oxygens (including phenoxy) is 1. The van der Waals surface area contributed by atoms with Crippen LogP contribution in [0.4, 0.5) is 0 Å². The van der Waals surface area contributed by atoms with Crippen LogP contribution in [-0.4, -0.2) is 49.3 Å². The molecule has 0 aliphatic carbocycles. The predicted molar refractivity (Wildman–Crippen MR) is 121 cm³/mol. The number of hydrogen-bond donors (Lipinski definition) is 1. The number of amides is 2. The van der Waals surface area contributed by atoms with Gasteiger partial charge in [-0.05, 0) is 35.3 Å². The third-order valence-corrected chi connectivity index (χ3v) is 11.5. The van der Waals surface area contributed by atoms with E-state index in [1.165, 1.54) is 0 Å². The Balaban J connectivity index is 1.64. The molecule has 1 aromatic rings. The normalized spacial score (nSPS) is 28.3. The van der Waals surface area contributed by atoms with Crippen molar-refractivity contribution in [1.82, 2.24) is 10.2 Å². The van der Waals surface area contributed by atoms with Gasteiger partial charge in [-0.25, -0.2) is 0 Å². The van der Waals surface area contributed by atoms with Gasteiger partial charge in [0.25, 0.3) is 0 Å². The molecule has 2 amide bonds. The first-order valence-corrected chi connectivity index (χ1v) is 13.8. The summed E-state index contributed by atoms with van der Waals surface area (Å²) in [6, 6.07) is 8.37. The maximum absolute atomic E-state index is 13.6. The van der Waals surface area contributed by atoms with Crippen molar-refractivity contribution in [3.8, 4) is 0 Å². The van der Waals surface area contributed by atoms with Crippen LogP contribution in [0.15, 0.2) is 54.5 Å². The molecule has 4 atom stereocenters. The lowest BCUT2D eigenvalue weighted by atomic mass is 10.00. The van der Waals surface area contributed by atoms with Gasteiger partial charge in [0.15, 0.2) is 8.32 Å². The number of nitrogens with zero attached hydrogens (tertiary/aromatic N) is 1. The first-order valence-electron chi connectivity index (χ1n) is 10.9. The molecular weight excluding hydrogens is 408 g/mol. The summed E-state index contributed by atoms with van der Waals surface area (Å²) in [6.45, 7) is 11.0. The smallest absolute Gasteiger partial charge is 0.246 e. The molecule has 4 rings (SSSR count). The Labute approximate surface area is 185 Å². The number of carbonyl (C=O) groups is 2. The zero-order valence-corrected chi connectivity index (χ0v) is 19.9. The summed E-state index contributed by atoms with van der Waals surface area (Å²) in [5.41, 5.74) is 1.95. The van der Waals surface area contributed by atoms with Crippen LogP contribution in [0.2, 0.25) is 18.1 Å². The van der Waals surface area contributed by atoms with Gasteiger partial charge in [0.05, 0.1) is 24.7 Å². The minimum Gasteiger partial charge on any atom is -0.473 e. The molecule has 3 aliphatic heterocycles. The van der Waals surface area contributed by atoms with Gasteiger partial charge in [0, 0.05) is 12.8 Å². The second-order valence-electron chi connectivity index (χ2n) is 10.2. The molecule has 3 aliphatic rings. The van der Waals surface area contributed by atoms with E-state index in [-0.39, 0.29) is 29.0 Å². The summed E-state index contributed by atoms with van der Waals surface area (Å²) in [7, 11) is -2.12. The SMILES string of the molecule is CC(C)(C)[Si](C)(C)O[C@@H]1C=COC=C2C[C@H]3C(=O)N[C@@H](Cc4ccccc4)C(=O)N3[C@@H]21. The second-order valence-corrected chi connectivity index (χ2v) is 14.9. The van der Waals surface area contributed by atoms with Gasteiger partial charge >= 0.3 is 0 Å². The van der Waals surface area contributed by atoms with E-state index in [2.05, 4.69) is 39.2 Å². The third-order valence-electron chi connectivity index (χ3n) is 7.01. The van der Waals surface area contributed by atoms with Crippen LogP contribution < -0.4 is 5.32 Å². The van der Waals surface area contributed by atoms with E-state index in [0.29, 0.717) is 12.8 Å². The third kappa shape index (κ3) is 4.08. The number of piperazine rings is 1. The summed E-state index contributed by atoms with van der Waals surface area (Å²) < 4.78 is 12.3. The minimum atomic E-state index is -2.12. The highest BCUT2D eigenvalue weighted by Crippen LogP contribution is 2.42. The molecule has 0 saturated carbocycles. The molecule has 3 heterocycles. The Kier molecular flexibility index (Phi) is 5.60. The number of nitrogens with one attached hydrogen (secondary N) is 1. The van der Waals surface area contributed by atoms with E-state index in [0.717, 1.165) is 11.1 Å². The van der Waals surface area contributed by atoms with Crippen molar-refractivity contribution in [2.45, 2.75) is 76.0 Å². The minimum absolute atomic E-state index is 0.0228. The van der Waals surface area contributed by atoms with Gasteiger partial charge in [-0.15, -0.1) is 0 Å². The molecule has 2 saturated heterocycles. The summed E-state index contributed by atoms with van der Waals surface area (Å²) in [5.74, 6) is -0.162. The molecule has 0 bridgehead atoms. The van der Waals surface area contributed by atoms with Gasteiger partial charge in [0.2, 0.25) is 11.8 Å². The van der Waals surface area contributed by atoms with Crippen molar-refractivity contribution in [1.29, 1.82) is 0 Å². The number of carbonyl (C=O) groups excluding carboxylic acids is 2. The molecule has 0 unspecified atom stereocenters. The van der Waals surface area contributed by atoms with E-state index in [1.807, 2.05) is 36.4 Å². The molecule has 1 aromatic carbocycles. The first-order chi connectivity index (χ1) is 14.6. The average molecular weight is 441 g/mol. The van der Waals surface area contributed by atoms with Gasteiger partial charge in [0.1, 0.15) is 12.1 Å². The Hall–Kier alpha value is -2.38. The number of benzene rings is 1. The van der Waals surface area contributed by atoms with Gasteiger partial charge in [-0.2, -0.15) is 0 Å². The van der Waals surface area contributed by atoms with Crippen molar-refractivity contribution in [2.24, 2.45) is 0 Å².